The van der Waals surface area contributed by atoms with Crippen molar-refractivity contribution in [3.63, 3.8) is 0 Å². The molecule has 0 heterocycles. The van der Waals surface area contributed by atoms with Crippen LogP contribution in [0.25, 0.3) is 0 Å². The number of rotatable bonds is 3. The van der Waals surface area contributed by atoms with Gasteiger partial charge >= 0.3 is 0 Å². The number of aliphatic hydroxyl groups excluding tert-OH is 2. The summed E-state index contributed by atoms with van der Waals surface area (Å²) in [6.45, 7) is 7.17. The number of allylic oxidation sites excluding steroid dienone is 1. The molecule has 2 nitrogen and oxygen atoms in total. The van der Waals surface area contributed by atoms with E-state index in [9.17, 15) is 10.2 Å². The van der Waals surface area contributed by atoms with Crippen LogP contribution in [0.3, 0.4) is 0 Å². The summed E-state index contributed by atoms with van der Waals surface area (Å²) in [6.07, 6.45) is 4.61. The molecule has 0 radical (unpaired) electrons. The Morgan fingerprint density at radius 2 is 2.12 bits per heavy atom. The van der Waals surface area contributed by atoms with Gasteiger partial charge in [-0.2, -0.15) is 0 Å². The van der Waals surface area contributed by atoms with Gasteiger partial charge in [-0.05, 0) is 47.5 Å². The smallest absolute Gasteiger partial charge is 0.0647 e. The molecule has 0 spiro atoms. The van der Waals surface area contributed by atoms with Crippen molar-refractivity contribution in [1.29, 1.82) is 0 Å². The number of fused-ring (bicyclic) bond motifs is 2. The van der Waals surface area contributed by atoms with Crippen LogP contribution >= 0.6 is 0 Å². The van der Waals surface area contributed by atoms with Gasteiger partial charge in [-0.15, -0.1) is 0 Å². The molecule has 4 unspecified atom stereocenters. The Hall–Kier alpha value is -0.340. The van der Waals surface area contributed by atoms with Gasteiger partial charge in [0.05, 0.1) is 6.61 Å². The maximum Gasteiger partial charge on any atom is 0.0647 e. The second kappa shape index (κ2) is 4.15. The van der Waals surface area contributed by atoms with E-state index in [1.165, 1.54) is 12.0 Å². The highest BCUT2D eigenvalue weighted by Gasteiger charge is 2.51. The molecule has 16 heavy (non-hydrogen) atoms. The van der Waals surface area contributed by atoms with Crippen LogP contribution in [0.2, 0.25) is 0 Å². The van der Waals surface area contributed by atoms with E-state index >= 15 is 0 Å². The van der Waals surface area contributed by atoms with Gasteiger partial charge in [0, 0.05) is 6.61 Å². The van der Waals surface area contributed by atoms with Crippen molar-refractivity contribution < 1.29 is 10.2 Å². The van der Waals surface area contributed by atoms with Crippen LogP contribution in [-0.2, 0) is 0 Å². The van der Waals surface area contributed by atoms with Crippen molar-refractivity contribution in [2.24, 2.45) is 29.1 Å². The molecule has 1 fully saturated rings. The summed E-state index contributed by atoms with van der Waals surface area (Å²) in [6, 6.07) is 0. The summed E-state index contributed by atoms with van der Waals surface area (Å²) in [5.74, 6) is 2.15. The number of hydrogen-bond donors (Lipinski definition) is 2. The lowest BCUT2D eigenvalue weighted by Gasteiger charge is -2.45. The van der Waals surface area contributed by atoms with E-state index in [4.69, 9.17) is 0 Å². The topological polar surface area (TPSA) is 40.5 Å². The van der Waals surface area contributed by atoms with E-state index in [-0.39, 0.29) is 18.6 Å². The van der Waals surface area contributed by atoms with Crippen LogP contribution in [0.4, 0.5) is 0 Å². The van der Waals surface area contributed by atoms with Crippen molar-refractivity contribution in [2.45, 2.75) is 33.6 Å². The first-order chi connectivity index (χ1) is 7.54. The third-order valence-corrected chi connectivity index (χ3v) is 5.12. The highest BCUT2D eigenvalue weighted by atomic mass is 16.3. The standard InChI is InChI=1S/C14H24O2/c1-9(2)11-4-5-14(3)10(7-15)6-12(11)13(14)8-16/h6,9,11-13,15-16H,4-5,7-8H2,1-3H3. The van der Waals surface area contributed by atoms with Gasteiger partial charge in [-0.1, -0.05) is 26.8 Å². The summed E-state index contributed by atoms with van der Waals surface area (Å²) in [5, 5.41) is 19.1. The maximum atomic E-state index is 9.63. The van der Waals surface area contributed by atoms with E-state index in [0.717, 1.165) is 6.42 Å². The number of aliphatic hydroxyl groups is 2. The molecule has 0 aromatic carbocycles. The first kappa shape index (κ1) is 12.1. The fraction of sp³-hybridized carbons (Fsp3) is 0.857. The Labute approximate surface area is 98.4 Å². The molecule has 2 aliphatic carbocycles. The predicted molar refractivity (Wildman–Crippen MR) is 64.9 cm³/mol. The van der Waals surface area contributed by atoms with Crippen molar-refractivity contribution in [2.75, 3.05) is 13.2 Å². The zero-order chi connectivity index (χ0) is 11.9. The van der Waals surface area contributed by atoms with Gasteiger partial charge in [0.25, 0.3) is 0 Å². The van der Waals surface area contributed by atoms with Gasteiger partial charge in [-0.3, -0.25) is 0 Å². The first-order valence-corrected chi connectivity index (χ1v) is 6.47. The minimum absolute atomic E-state index is 0.0551. The molecule has 2 heteroatoms. The Balaban J connectivity index is 2.32. The zero-order valence-corrected chi connectivity index (χ0v) is 10.6. The van der Waals surface area contributed by atoms with Crippen molar-refractivity contribution in [3.8, 4) is 0 Å². The van der Waals surface area contributed by atoms with Crippen LogP contribution in [0, 0.1) is 29.1 Å². The fourth-order valence-corrected chi connectivity index (χ4v) is 3.96. The molecular formula is C14H24O2. The van der Waals surface area contributed by atoms with Gasteiger partial charge in [-0.25, -0.2) is 0 Å². The molecule has 2 N–H and O–H groups in total. The Morgan fingerprint density at radius 3 is 2.62 bits per heavy atom. The number of hydrogen-bond acceptors (Lipinski definition) is 2. The molecule has 1 saturated carbocycles. The second-order valence-corrected chi connectivity index (χ2v) is 6.08. The van der Waals surface area contributed by atoms with Crippen LogP contribution in [0.15, 0.2) is 11.6 Å². The largest absolute Gasteiger partial charge is 0.396 e. The van der Waals surface area contributed by atoms with Crippen LogP contribution in [0.1, 0.15) is 33.6 Å². The van der Waals surface area contributed by atoms with Gasteiger partial charge < -0.3 is 10.2 Å². The summed E-state index contributed by atoms with van der Waals surface area (Å²) < 4.78 is 0. The summed E-state index contributed by atoms with van der Waals surface area (Å²) in [5.41, 5.74) is 1.22. The summed E-state index contributed by atoms with van der Waals surface area (Å²) in [4.78, 5) is 0. The molecule has 0 amide bonds. The summed E-state index contributed by atoms with van der Waals surface area (Å²) in [7, 11) is 0. The van der Waals surface area contributed by atoms with Gasteiger partial charge in [0.1, 0.15) is 0 Å². The molecule has 2 rings (SSSR count). The molecule has 0 aliphatic heterocycles. The van der Waals surface area contributed by atoms with Crippen molar-refractivity contribution >= 4 is 0 Å². The van der Waals surface area contributed by atoms with Crippen LogP contribution in [0.5, 0.6) is 0 Å². The Kier molecular flexibility index (Phi) is 3.15. The lowest BCUT2D eigenvalue weighted by atomic mass is 9.60. The van der Waals surface area contributed by atoms with E-state index in [1.54, 1.807) is 0 Å². The lowest BCUT2D eigenvalue weighted by molar-refractivity contribution is 0.0236. The molecule has 92 valence electrons. The molecule has 0 saturated heterocycles. The van der Waals surface area contributed by atoms with E-state index < -0.39 is 0 Å². The third kappa shape index (κ3) is 1.54. The van der Waals surface area contributed by atoms with Crippen LogP contribution in [-0.4, -0.2) is 23.4 Å². The quantitative estimate of drug-likeness (QED) is 0.722. The van der Waals surface area contributed by atoms with Crippen molar-refractivity contribution in [3.05, 3.63) is 11.6 Å². The van der Waals surface area contributed by atoms with Gasteiger partial charge in [0.15, 0.2) is 0 Å². The van der Waals surface area contributed by atoms with Gasteiger partial charge in [0.2, 0.25) is 0 Å². The van der Waals surface area contributed by atoms with E-state index in [0.29, 0.717) is 23.7 Å². The SMILES string of the molecule is CC(C)C1CCC2(C)C(CO)=CC1C2CO. The van der Waals surface area contributed by atoms with Crippen molar-refractivity contribution in [1.82, 2.24) is 0 Å². The Morgan fingerprint density at radius 1 is 1.44 bits per heavy atom. The normalized spacial score (nSPS) is 42.6. The maximum absolute atomic E-state index is 9.63. The molecule has 2 bridgehead atoms. The zero-order valence-electron chi connectivity index (χ0n) is 10.6. The molecule has 4 atom stereocenters. The molecule has 0 aromatic heterocycles. The summed E-state index contributed by atoms with van der Waals surface area (Å²) >= 11 is 0. The van der Waals surface area contributed by atoms with E-state index in [2.05, 4.69) is 26.8 Å². The highest BCUT2D eigenvalue weighted by Crippen LogP contribution is 2.57. The second-order valence-electron chi connectivity index (χ2n) is 6.08. The highest BCUT2D eigenvalue weighted by molar-refractivity contribution is 5.28. The first-order valence-electron chi connectivity index (χ1n) is 6.47. The average molecular weight is 224 g/mol. The fourth-order valence-electron chi connectivity index (χ4n) is 3.96. The molecule has 2 aliphatic rings. The third-order valence-electron chi connectivity index (χ3n) is 5.12. The lowest BCUT2D eigenvalue weighted by Crippen LogP contribution is -2.40. The van der Waals surface area contributed by atoms with Crippen LogP contribution < -0.4 is 0 Å². The molecule has 0 aromatic rings. The molecular weight excluding hydrogens is 200 g/mol. The Bertz CT molecular complexity index is 295. The minimum atomic E-state index is 0.0551. The minimum Gasteiger partial charge on any atom is -0.396 e. The predicted octanol–water partition coefficient (Wildman–Crippen LogP) is 2.22. The monoisotopic (exact) mass is 224 g/mol. The van der Waals surface area contributed by atoms with E-state index in [1.807, 2.05) is 0 Å². The average Bonchev–Trinajstić information content (AvgIpc) is 2.42.